The van der Waals surface area contributed by atoms with Crippen molar-refractivity contribution >= 4 is 17.7 Å². The summed E-state index contributed by atoms with van der Waals surface area (Å²) in [5.74, 6) is -0.929. The van der Waals surface area contributed by atoms with Crippen LogP contribution in [0.5, 0.6) is 0 Å². The van der Waals surface area contributed by atoms with E-state index in [1.54, 1.807) is 12.1 Å². The summed E-state index contributed by atoms with van der Waals surface area (Å²) in [4.78, 5) is 42.1. The molecule has 1 unspecified atom stereocenters. The van der Waals surface area contributed by atoms with Gasteiger partial charge in [0.05, 0.1) is 23.8 Å². The standard InChI is InChI=1S/C28H33N3O4/c32-26(29-17-20-7-9-21(10-8-20)18-30-13-3-1-2-4-14-30)22-11-12-24-25(16-22)28(34)31(27(24)33)19-23-6-5-15-35-23/h7-12,16,23H,1-6,13-15,17-19H2,(H,29,32). The van der Waals surface area contributed by atoms with Crippen molar-refractivity contribution in [3.05, 3.63) is 70.3 Å². The lowest BCUT2D eigenvalue weighted by molar-refractivity contribution is 0.0475. The number of imide groups is 1. The van der Waals surface area contributed by atoms with Gasteiger partial charge in [-0.3, -0.25) is 24.2 Å². The zero-order chi connectivity index (χ0) is 24.2. The molecule has 35 heavy (non-hydrogen) atoms. The Labute approximate surface area is 206 Å². The van der Waals surface area contributed by atoms with Crippen LogP contribution in [0.2, 0.25) is 0 Å². The molecule has 3 aliphatic heterocycles. The summed E-state index contributed by atoms with van der Waals surface area (Å²) in [5.41, 5.74) is 3.33. The SMILES string of the molecule is O=C(NCc1ccc(CN2CCCCCC2)cc1)c1ccc2c(c1)C(=O)N(CC1CCCO1)C2=O. The Morgan fingerprint density at radius 1 is 0.886 bits per heavy atom. The summed E-state index contributed by atoms with van der Waals surface area (Å²) in [7, 11) is 0. The number of nitrogens with one attached hydrogen (secondary N) is 1. The Morgan fingerprint density at radius 3 is 2.31 bits per heavy atom. The number of ether oxygens (including phenoxy) is 1. The number of hydrogen-bond donors (Lipinski definition) is 1. The minimum absolute atomic E-state index is 0.101. The van der Waals surface area contributed by atoms with E-state index >= 15 is 0 Å². The lowest BCUT2D eigenvalue weighted by Crippen LogP contribution is -2.36. The number of hydrogen-bond acceptors (Lipinski definition) is 5. The monoisotopic (exact) mass is 475 g/mol. The van der Waals surface area contributed by atoms with Crippen LogP contribution in [0.15, 0.2) is 42.5 Å². The molecule has 7 nitrogen and oxygen atoms in total. The van der Waals surface area contributed by atoms with E-state index in [1.165, 1.54) is 55.3 Å². The van der Waals surface area contributed by atoms with Gasteiger partial charge in [0.1, 0.15) is 0 Å². The number of carbonyl (C=O) groups excluding carboxylic acids is 3. The van der Waals surface area contributed by atoms with Crippen molar-refractivity contribution in [1.29, 1.82) is 0 Å². The van der Waals surface area contributed by atoms with Gasteiger partial charge < -0.3 is 10.1 Å². The van der Waals surface area contributed by atoms with Crippen LogP contribution in [0.4, 0.5) is 0 Å². The van der Waals surface area contributed by atoms with Crippen molar-refractivity contribution in [3.63, 3.8) is 0 Å². The second kappa shape index (κ2) is 10.7. The summed E-state index contributed by atoms with van der Waals surface area (Å²) in [5, 5.41) is 2.93. The Balaban J connectivity index is 1.17. The van der Waals surface area contributed by atoms with Crippen molar-refractivity contribution < 1.29 is 19.1 Å². The molecule has 0 radical (unpaired) electrons. The molecule has 7 heteroatoms. The summed E-state index contributed by atoms with van der Waals surface area (Å²) in [6, 6.07) is 13.1. The second-order valence-electron chi connectivity index (χ2n) is 9.81. The molecule has 1 atom stereocenters. The Morgan fingerprint density at radius 2 is 1.60 bits per heavy atom. The van der Waals surface area contributed by atoms with Crippen LogP contribution in [0.1, 0.15) is 80.7 Å². The number of rotatable bonds is 7. The first-order valence-electron chi connectivity index (χ1n) is 12.8. The molecular weight excluding hydrogens is 442 g/mol. The number of fused-ring (bicyclic) bond motifs is 1. The normalized spacial score (nSPS) is 20.7. The van der Waals surface area contributed by atoms with Crippen LogP contribution in [0.25, 0.3) is 0 Å². The Kier molecular flexibility index (Phi) is 7.25. The van der Waals surface area contributed by atoms with Gasteiger partial charge in [0.15, 0.2) is 0 Å². The van der Waals surface area contributed by atoms with Crippen LogP contribution in [0.3, 0.4) is 0 Å². The molecule has 3 amide bonds. The molecule has 2 fully saturated rings. The van der Waals surface area contributed by atoms with E-state index in [1.807, 2.05) is 0 Å². The second-order valence-corrected chi connectivity index (χ2v) is 9.81. The van der Waals surface area contributed by atoms with E-state index in [9.17, 15) is 14.4 Å². The number of amides is 3. The van der Waals surface area contributed by atoms with Crippen molar-refractivity contribution in [2.75, 3.05) is 26.2 Å². The van der Waals surface area contributed by atoms with Gasteiger partial charge in [0.2, 0.25) is 0 Å². The molecule has 1 N–H and O–H groups in total. The van der Waals surface area contributed by atoms with E-state index in [-0.39, 0.29) is 30.4 Å². The molecule has 0 saturated carbocycles. The van der Waals surface area contributed by atoms with Gasteiger partial charge in [-0.1, -0.05) is 37.1 Å². The lowest BCUT2D eigenvalue weighted by atomic mass is 10.1. The minimum atomic E-state index is -0.352. The van der Waals surface area contributed by atoms with Gasteiger partial charge in [0.25, 0.3) is 17.7 Å². The fourth-order valence-corrected chi connectivity index (χ4v) is 5.19. The van der Waals surface area contributed by atoms with E-state index in [0.29, 0.717) is 29.8 Å². The highest BCUT2D eigenvalue weighted by Gasteiger charge is 2.37. The van der Waals surface area contributed by atoms with Crippen molar-refractivity contribution in [1.82, 2.24) is 15.1 Å². The molecule has 2 aromatic carbocycles. The van der Waals surface area contributed by atoms with Crippen molar-refractivity contribution in [2.24, 2.45) is 0 Å². The van der Waals surface area contributed by atoms with Gasteiger partial charge in [0, 0.05) is 25.3 Å². The fraction of sp³-hybridized carbons (Fsp3) is 0.464. The maximum absolute atomic E-state index is 12.9. The summed E-state index contributed by atoms with van der Waals surface area (Å²) in [6.45, 7) is 4.63. The lowest BCUT2D eigenvalue weighted by Gasteiger charge is -2.19. The van der Waals surface area contributed by atoms with Gasteiger partial charge in [-0.15, -0.1) is 0 Å². The van der Waals surface area contributed by atoms with E-state index in [2.05, 4.69) is 34.5 Å². The zero-order valence-corrected chi connectivity index (χ0v) is 20.1. The van der Waals surface area contributed by atoms with Crippen LogP contribution in [-0.4, -0.2) is 59.9 Å². The quantitative estimate of drug-likeness (QED) is 0.617. The third kappa shape index (κ3) is 5.46. The number of nitrogens with zero attached hydrogens (tertiary/aromatic N) is 2. The predicted octanol–water partition coefficient (Wildman–Crippen LogP) is 3.77. The van der Waals surface area contributed by atoms with Gasteiger partial charge in [-0.05, 0) is 68.1 Å². The summed E-state index contributed by atoms with van der Waals surface area (Å²) in [6.07, 6.45) is 6.91. The minimum Gasteiger partial charge on any atom is -0.376 e. The van der Waals surface area contributed by atoms with E-state index < -0.39 is 0 Å². The molecule has 2 saturated heterocycles. The number of likely N-dealkylation sites (tertiary alicyclic amines) is 1. The van der Waals surface area contributed by atoms with Gasteiger partial charge in [-0.2, -0.15) is 0 Å². The summed E-state index contributed by atoms with van der Waals surface area (Å²) >= 11 is 0. The average molecular weight is 476 g/mol. The number of carbonyl (C=O) groups is 3. The van der Waals surface area contributed by atoms with Crippen LogP contribution < -0.4 is 5.32 Å². The molecule has 0 aromatic heterocycles. The Bertz CT molecular complexity index is 1080. The predicted molar refractivity (Wildman–Crippen MR) is 132 cm³/mol. The first-order valence-corrected chi connectivity index (χ1v) is 12.8. The largest absolute Gasteiger partial charge is 0.376 e. The maximum atomic E-state index is 12.9. The summed E-state index contributed by atoms with van der Waals surface area (Å²) < 4.78 is 5.58. The molecule has 0 bridgehead atoms. The highest BCUT2D eigenvalue weighted by Crippen LogP contribution is 2.26. The third-order valence-electron chi connectivity index (χ3n) is 7.22. The van der Waals surface area contributed by atoms with Crippen molar-refractivity contribution in [3.8, 4) is 0 Å². The molecule has 5 rings (SSSR count). The molecule has 184 valence electrons. The smallest absolute Gasteiger partial charge is 0.261 e. The number of benzene rings is 2. The van der Waals surface area contributed by atoms with Gasteiger partial charge >= 0.3 is 0 Å². The highest BCUT2D eigenvalue weighted by molar-refractivity contribution is 6.22. The molecule has 3 heterocycles. The molecule has 2 aromatic rings. The maximum Gasteiger partial charge on any atom is 0.261 e. The molecular formula is C28H33N3O4. The van der Waals surface area contributed by atoms with Gasteiger partial charge in [-0.25, -0.2) is 0 Å². The third-order valence-corrected chi connectivity index (χ3v) is 7.22. The first-order chi connectivity index (χ1) is 17.1. The topological polar surface area (TPSA) is 79.0 Å². The van der Waals surface area contributed by atoms with E-state index in [4.69, 9.17) is 4.74 Å². The van der Waals surface area contributed by atoms with E-state index in [0.717, 1.165) is 24.9 Å². The van der Waals surface area contributed by atoms with Crippen LogP contribution >= 0.6 is 0 Å². The highest BCUT2D eigenvalue weighted by atomic mass is 16.5. The van der Waals surface area contributed by atoms with Crippen LogP contribution in [-0.2, 0) is 17.8 Å². The van der Waals surface area contributed by atoms with Crippen LogP contribution in [0, 0.1) is 0 Å². The average Bonchev–Trinajstić information content (AvgIpc) is 3.37. The van der Waals surface area contributed by atoms with Crippen molar-refractivity contribution in [2.45, 2.75) is 57.7 Å². The Hall–Kier alpha value is -3.03. The molecule has 3 aliphatic rings. The zero-order valence-electron chi connectivity index (χ0n) is 20.1. The molecule has 0 aliphatic carbocycles. The first kappa shape index (κ1) is 23.7. The fourth-order valence-electron chi connectivity index (χ4n) is 5.19. The molecule has 0 spiro atoms.